The van der Waals surface area contributed by atoms with Gasteiger partial charge in [0, 0.05) is 30.2 Å². The van der Waals surface area contributed by atoms with E-state index in [2.05, 4.69) is 10.3 Å². The lowest BCUT2D eigenvalue weighted by Gasteiger charge is -2.10. The largest absolute Gasteiger partial charge is 0.416 e. The van der Waals surface area contributed by atoms with Crippen LogP contribution in [0.5, 0.6) is 0 Å². The van der Waals surface area contributed by atoms with Gasteiger partial charge in [0.25, 0.3) is 11.1 Å². The number of halogens is 3. The van der Waals surface area contributed by atoms with Gasteiger partial charge in [0.05, 0.1) is 11.3 Å². The summed E-state index contributed by atoms with van der Waals surface area (Å²) >= 11 is 2.14. The van der Waals surface area contributed by atoms with E-state index in [-0.39, 0.29) is 11.1 Å². The third-order valence-corrected chi connectivity index (χ3v) is 6.36. The van der Waals surface area contributed by atoms with Crippen molar-refractivity contribution in [2.45, 2.75) is 18.0 Å². The molecule has 0 spiro atoms. The van der Waals surface area contributed by atoms with Crippen molar-refractivity contribution in [3.8, 4) is 10.6 Å². The third kappa shape index (κ3) is 5.65. The van der Waals surface area contributed by atoms with Crippen LogP contribution in [-0.2, 0) is 6.18 Å². The first kappa shape index (κ1) is 22.8. The number of hydrogen-bond donors (Lipinski definition) is 1. The van der Waals surface area contributed by atoms with Crippen LogP contribution in [0.15, 0.2) is 53.4 Å². The van der Waals surface area contributed by atoms with Gasteiger partial charge in [-0.3, -0.25) is 9.59 Å². The number of aromatic nitrogens is 1. The van der Waals surface area contributed by atoms with Crippen molar-refractivity contribution in [2.75, 3.05) is 19.4 Å². The van der Waals surface area contributed by atoms with Crippen molar-refractivity contribution >= 4 is 39.9 Å². The van der Waals surface area contributed by atoms with Crippen LogP contribution < -0.4 is 5.32 Å². The van der Waals surface area contributed by atoms with E-state index in [1.54, 1.807) is 45.3 Å². The zero-order chi connectivity index (χ0) is 22.8. The number of amides is 2. The summed E-state index contributed by atoms with van der Waals surface area (Å²) in [4.78, 5) is 31.4. The highest BCUT2D eigenvalue weighted by atomic mass is 32.2. The number of aryl methyl sites for hydroxylation is 1. The van der Waals surface area contributed by atoms with Crippen LogP contribution in [0.25, 0.3) is 10.6 Å². The van der Waals surface area contributed by atoms with Gasteiger partial charge in [-0.25, -0.2) is 4.98 Å². The van der Waals surface area contributed by atoms with Crippen LogP contribution in [-0.4, -0.2) is 35.1 Å². The van der Waals surface area contributed by atoms with E-state index < -0.39 is 11.7 Å². The zero-order valence-corrected chi connectivity index (χ0v) is 18.4. The van der Waals surface area contributed by atoms with Gasteiger partial charge < -0.3 is 10.2 Å². The molecule has 0 atom stereocenters. The van der Waals surface area contributed by atoms with Crippen molar-refractivity contribution < 1.29 is 22.8 Å². The van der Waals surface area contributed by atoms with E-state index in [1.807, 2.05) is 0 Å². The van der Waals surface area contributed by atoms with Gasteiger partial charge in [0.1, 0.15) is 9.88 Å². The fourth-order valence-corrected chi connectivity index (χ4v) is 4.23. The van der Waals surface area contributed by atoms with Crippen LogP contribution in [0.4, 0.5) is 23.7 Å². The molecule has 5 nitrogen and oxygen atoms in total. The van der Waals surface area contributed by atoms with Crippen molar-refractivity contribution in [1.29, 1.82) is 0 Å². The number of benzene rings is 2. The highest BCUT2D eigenvalue weighted by Crippen LogP contribution is 2.33. The molecule has 0 saturated heterocycles. The summed E-state index contributed by atoms with van der Waals surface area (Å²) in [5.41, 5.74) is 0.755. The standard InChI is InChI=1S/C21H18F3N3O2S2/c1-12-17(31-19(25-12)13-7-9-14(10-8-13)21(22,23)24)18(28)26-15-5-4-6-16(11-15)30-20(29)27(2)3/h4-11H,1-3H3,(H,26,28). The number of rotatable bonds is 4. The second-order valence-electron chi connectivity index (χ2n) is 6.75. The Bertz CT molecular complexity index is 1110. The maximum atomic E-state index is 12.8. The maximum absolute atomic E-state index is 12.8. The minimum Gasteiger partial charge on any atom is -0.339 e. The zero-order valence-electron chi connectivity index (χ0n) is 16.8. The van der Waals surface area contributed by atoms with Gasteiger partial charge in [0.2, 0.25) is 0 Å². The molecule has 31 heavy (non-hydrogen) atoms. The van der Waals surface area contributed by atoms with Crippen molar-refractivity contribution in [3.05, 3.63) is 64.7 Å². The number of hydrogen-bond acceptors (Lipinski definition) is 5. The molecule has 0 bridgehead atoms. The van der Waals surface area contributed by atoms with Gasteiger partial charge in [-0.1, -0.05) is 18.2 Å². The van der Waals surface area contributed by atoms with E-state index >= 15 is 0 Å². The molecule has 162 valence electrons. The predicted molar refractivity (Wildman–Crippen MR) is 117 cm³/mol. The maximum Gasteiger partial charge on any atom is 0.416 e. The molecule has 0 aliphatic carbocycles. The van der Waals surface area contributed by atoms with Crippen LogP contribution in [0.3, 0.4) is 0 Å². The molecule has 1 N–H and O–H groups in total. The average Bonchev–Trinajstić information content (AvgIpc) is 3.09. The Hall–Kier alpha value is -2.85. The van der Waals surface area contributed by atoms with Crippen LogP contribution in [0.2, 0.25) is 0 Å². The molecular formula is C21H18F3N3O2S2. The molecule has 3 aromatic rings. The lowest BCUT2D eigenvalue weighted by Crippen LogP contribution is -2.16. The first-order valence-electron chi connectivity index (χ1n) is 9.00. The van der Waals surface area contributed by atoms with Gasteiger partial charge >= 0.3 is 6.18 Å². The number of thioether (sulfide) groups is 1. The Labute approximate surface area is 185 Å². The molecule has 1 aromatic heterocycles. The van der Waals surface area contributed by atoms with Crippen LogP contribution in [0, 0.1) is 6.92 Å². The van der Waals surface area contributed by atoms with Crippen molar-refractivity contribution in [3.63, 3.8) is 0 Å². The fourth-order valence-electron chi connectivity index (χ4n) is 2.55. The number of anilines is 1. The SMILES string of the molecule is Cc1nc(-c2ccc(C(F)(F)F)cc2)sc1C(=O)Nc1cccc(SC(=O)N(C)C)c1. The summed E-state index contributed by atoms with van der Waals surface area (Å²) in [7, 11) is 3.31. The molecule has 0 fully saturated rings. The van der Waals surface area contributed by atoms with Gasteiger partial charge in [0.15, 0.2) is 0 Å². The molecule has 2 amide bonds. The number of carbonyl (C=O) groups is 2. The van der Waals surface area contributed by atoms with E-state index in [0.29, 0.717) is 31.7 Å². The van der Waals surface area contributed by atoms with Crippen LogP contribution >= 0.6 is 23.1 Å². The summed E-state index contributed by atoms with van der Waals surface area (Å²) in [6, 6.07) is 11.5. The molecular weight excluding hydrogens is 447 g/mol. The first-order chi connectivity index (χ1) is 14.5. The summed E-state index contributed by atoms with van der Waals surface area (Å²) < 4.78 is 38.3. The minimum atomic E-state index is -4.41. The van der Waals surface area contributed by atoms with Crippen LogP contribution in [0.1, 0.15) is 20.9 Å². The normalized spacial score (nSPS) is 11.3. The van der Waals surface area contributed by atoms with Gasteiger partial charge in [-0.2, -0.15) is 13.2 Å². The summed E-state index contributed by atoms with van der Waals surface area (Å²) in [6.45, 7) is 1.67. The number of nitrogens with one attached hydrogen (secondary N) is 1. The Balaban J connectivity index is 1.76. The number of nitrogens with zero attached hydrogens (tertiary/aromatic N) is 2. The minimum absolute atomic E-state index is 0.136. The second kappa shape index (κ2) is 9.11. The summed E-state index contributed by atoms with van der Waals surface area (Å²) in [5.74, 6) is -0.380. The number of thiazole rings is 1. The topological polar surface area (TPSA) is 62.3 Å². The van der Waals surface area contributed by atoms with Gasteiger partial charge in [-0.15, -0.1) is 11.3 Å². The Morgan fingerprint density at radius 1 is 1.10 bits per heavy atom. The molecule has 10 heteroatoms. The van der Waals surface area contributed by atoms with E-state index in [0.717, 1.165) is 35.2 Å². The summed E-state index contributed by atoms with van der Waals surface area (Å²) in [6.07, 6.45) is -4.41. The molecule has 0 radical (unpaired) electrons. The Morgan fingerprint density at radius 2 is 1.77 bits per heavy atom. The highest BCUT2D eigenvalue weighted by Gasteiger charge is 2.30. The monoisotopic (exact) mass is 465 g/mol. The molecule has 2 aromatic carbocycles. The van der Waals surface area contributed by atoms with Gasteiger partial charge in [-0.05, 0) is 49.0 Å². The van der Waals surface area contributed by atoms with E-state index in [1.165, 1.54) is 17.0 Å². The lowest BCUT2D eigenvalue weighted by atomic mass is 10.1. The quantitative estimate of drug-likeness (QED) is 0.469. The molecule has 0 saturated carbocycles. The smallest absolute Gasteiger partial charge is 0.339 e. The predicted octanol–water partition coefficient (Wildman–Crippen LogP) is 6.16. The first-order valence-corrected chi connectivity index (χ1v) is 10.6. The van der Waals surface area contributed by atoms with Crippen molar-refractivity contribution in [1.82, 2.24) is 9.88 Å². The number of alkyl halides is 3. The number of carbonyl (C=O) groups excluding carboxylic acids is 2. The molecule has 0 aliphatic rings. The fraction of sp³-hybridized carbons (Fsp3) is 0.190. The second-order valence-corrected chi connectivity index (χ2v) is 8.78. The summed E-state index contributed by atoms with van der Waals surface area (Å²) in [5, 5.41) is 3.10. The molecule has 1 heterocycles. The molecule has 3 rings (SSSR count). The Morgan fingerprint density at radius 3 is 2.39 bits per heavy atom. The third-order valence-electron chi connectivity index (χ3n) is 4.12. The van der Waals surface area contributed by atoms with E-state index in [4.69, 9.17) is 0 Å². The Kier molecular flexibility index (Phi) is 6.71. The lowest BCUT2D eigenvalue weighted by molar-refractivity contribution is -0.137. The molecule has 0 aliphatic heterocycles. The van der Waals surface area contributed by atoms with Crippen molar-refractivity contribution in [2.24, 2.45) is 0 Å². The average molecular weight is 466 g/mol. The van der Waals surface area contributed by atoms with E-state index in [9.17, 15) is 22.8 Å². The highest BCUT2D eigenvalue weighted by molar-refractivity contribution is 8.13. The molecule has 0 unspecified atom stereocenters.